The lowest BCUT2D eigenvalue weighted by molar-refractivity contribution is -0.145. The number of carbonyl (C=O) groups excluding carboxylic acids is 2. The van der Waals surface area contributed by atoms with Crippen molar-refractivity contribution in [1.82, 2.24) is 10.2 Å². The van der Waals surface area contributed by atoms with Crippen LogP contribution in [0.25, 0.3) is 0 Å². The van der Waals surface area contributed by atoms with Gasteiger partial charge in [0.2, 0.25) is 11.8 Å². The Labute approximate surface area is 100.0 Å². The Morgan fingerprint density at radius 3 is 2.35 bits per heavy atom. The summed E-state index contributed by atoms with van der Waals surface area (Å²) in [5.41, 5.74) is 0. The smallest absolute Gasteiger partial charge is 0.312 e. The fourth-order valence-electron chi connectivity index (χ4n) is 1.92. The van der Waals surface area contributed by atoms with Crippen LogP contribution >= 0.6 is 0 Å². The van der Waals surface area contributed by atoms with E-state index < -0.39 is 12.4 Å². The minimum atomic E-state index is -1.09. The lowest BCUT2D eigenvalue weighted by Crippen LogP contribution is -2.41. The summed E-state index contributed by atoms with van der Waals surface area (Å²) in [5, 5.41) is 11.3. The van der Waals surface area contributed by atoms with Crippen LogP contribution in [0.15, 0.2) is 0 Å². The molecule has 6 nitrogen and oxygen atoms in total. The average Bonchev–Trinajstić information content (AvgIpc) is 2.26. The van der Waals surface area contributed by atoms with E-state index in [0.29, 0.717) is 25.6 Å². The van der Waals surface area contributed by atoms with E-state index in [0.717, 1.165) is 12.8 Å². The molecule has 17 heavy (non-hydrogen) atoms. The van der Waals surface area contributed by atoms with E-state index in [9.17, 15) is 14.4 Å². The number of hydrogen-bond acceptors (Lipinski definition) is 3. The standard InChI is InChI=1S/C11H18N2O4/c1-8(14)12-7-9-2-4-13(5-3-9)10(15)6-11(16)17/h9H,2-7H2,1H3,(H,12,14)(H,16,17). The highest BCUT2D eigenvalue weighted by molar-refractivity contribution is 5.93. The largest absolute Gasteiger partial charge is 0.481 e. The van der Waals surface area contributed by atoms with Crippen LogP contribution in [-0.4, -0.2) is 47.4 Å². The van der Waals surface area contributed by atoms with Crippen molar-refractivity contribution in [2.75, 3.05) is 19.6 Å². The number of carboxylic acids is 1. The molecular weight excluding hydrogens is 224 g/mol. The average molecular weight is 242 g/mol. The topological polar surface area (TPSA) is 86.7 Å². The van der Waals surface area contributed by atoms with Crippen molar-refractivity contribution in [2.24, 2.45) is 5.92 Å². The number of nitrogens with zero attached hydrogens (tertiary/aromatic N) is 1. The van der Waals surface area contributed by atoms with Crippen LogP contribution < -0.4 is 5.32 Å². The highest BCUT2D eigenvalue weighted by atomic mass is 16.4. The van der Waals surface area contributed by atoms with Gasteiger partial charge in [0.15, 0.2) is 0 Å². The van der Waals surface area contributed by atoms with Gasteiger partial charge < -0.3 is 15.3 Å². The third kappa shape index (κ3) is 4.84. The van der Waals surface area contributed by atoms with Crippen LogP contribution in [0, 0.1) is 5.92 Å². The molecule has 1 aliphatic heterocycles. The number of aliphatic carboxylic acids is 1. The molecule has 0 bridgehead atoms. The molecule has 1 fully saturated rings. The highest BCUT2D eigenvalue weighted by Gasteiger charge is 2.23. The van der Waals surface area contributed by atoms with Crippen molar-refractivity contribution in [1.29, 1.82) is 0 Å². The fraction of sp³-hybridized carbons (Fsp3) is 0.727. The van der Waals surface area contributed by atoms with Gasteiger partial charge in [0.1, 0.15) is 6.42 Å². The Kier molecular flexibility index (Phi) is 4.93. The third-order valence-electron chi connectivity index (χ3n) is 2.91. The molecule has 2 N–H and O–H groups in total. The van der Waals surface area contributed by atoms with Crippen LogP contribution in [0.3, 0.4) is 0 Å². The van der Waals surface area contributed by atoms with Gasteiger partial charge in [-0.2, -0.15) is 0 Å². The molecule has 0 radical (unpaired) electrons. The number of nitrogens with one attached hydrogen (secondary N) is 1. The molecule has 1 saturated heterocycles. The lowest BCUT2D eigenvalue weighted by atomic mass is 9.96. The monoisotopic (exact) mass is 242 g/mol. The maximum absolute atomic E-state index is 11.5. The molecule has 0 unspecified atom stereocenters. The van der Waals surface area contributed by atoms with Crippen LogP contribution in [-0.2, 0) is 14.4 Å². The molecule has 0 saturated carbocycles. The van der Waals surface area contributed by atoms with E-state index in [1.807, 2.05) is 0 Å². The maximum atomic E-state index is 11.5. The summed E-state index contributed by atoms with van der Waals surface area (Å²) < 4.78 is 0. The summed E-state index contributed by atoms with van der Waals surface area (Å²) in [4.78, 5) is 34.2. The van der Waals surface area contributed by atoms with Crippen LogP contribution in [0.5, 0.6) is 0 Å². The number of rotatable bonds is 4. The van der Waals surface area contributed by atoms with Gasteiger partial charge in [-0.3, -0.25) is 14.4 Å². The summed E-state index contributed by atoms with van der Waals surface area (Å²) in [6.07, 6.45) is 1.19. The number of carboxylic acid groups (broad SMARTS) is 1. The summed E-state index contributed by atoms with van der Waals surface area (Å²) >= 11 is 0. The van der Waals surface area contributed by atoms with Crippen molar-refractivity contribution in [2.45, 2.75) is 26.2 Å². The zero-order valence-corrected chi connectivity index (χ0v) is 9.94. The van der Waals surface area contributed by atoms with E-state index in [4.69, 9.17) is 5.11 Å². The quantitative estimate of drug-likeness (QED) is 0.670. The van der Waals surface area contributed by atoms with E-state index in [2.05, 4.69) is 5.32 Å². The summed E-state index contributed by atoms with van der Waals surface area (Å²) in [6.45, 7) is 3.27. The van der Waals surface area contributed by atoms with E-state index in [-0.39, 0.29) is 11.8 Å². The molecule has 0 aliphatic carbocycles. The number of piperidine rings is 1. The number of likely N-dealkylation sites (tertiary alicyclic amines) is 1. The third-order valence-corrected chi connectivity index (χ3v) is 2.91. The Bertz CT molecular complexity index is 309. The first-order chi connectivity index (χ1) is 7.99. The molecule has 0 spiro atoms. The Hall–Kier alpha value is -1.59. The molecule has 1 heterocycles. The normalized spacial score (nSPS) is 16.6. The Morgan fingerprint density at radius 1 is 1.29 bits per heavy atom. The highest BCUT2D eigenvalue weighted by Crippen LogP contribution is 2.16. The first-order valence-corrected chi connectivity index (χ1v) is 5.73. The molecule has 1 aliphatic rings. The Morgan fingerprint density at radius 2 is 1.88 bits per heavy atom. The van der Waals surface area contributed by atoms with Crippen molar-refractivity contribution >= 4 is 17.8 Å². The van der Waals surface area contributed by atoms with Crippen molar-refractivity contribution in [3.63, 3.8) is 0 Å². The predicted molar refractivity (Wildman–Crippen MR) is 60.2 cm³/mol. The Balaban J connectivity index is 2.27. The maximum Gasteiger partial charge on any atom is 0.312 e. The molecule has 0 aromatic carbocycles. The van der Waals surface area contributed by atoms with Crippen molar-refractivity contribution in [3.05, 3.63) is 0 Å². The van der Waals surface area contributed by atoms with Crippen LogP contribution in [0.1, 0.15) is 26.2 Å². The van der Waals surface area contributed by atoms with Gasteiger partial charge in [0, 0.05) is 26.6 Å². The molecule has 0 aromatic heterocycles. The number of hydrogen-bond donors (Lipinski definition) is 2. The van der Waals surface area contributed by atoms with Gasteiger partial charge in [0.25, 0.3) is 0 Å². The second kappa shape index (κ2) is 6.22. The molecule has 6 heteroatoms. The van der Waals surface area contributed by atoms with Gasteiger partial charge in [-0.15, -0.1) is 0 Å². The van der Waals surface area contributed by atoms with E-state index in [1.165, 1.54) is 6.92 Å². The lowest BCUT2D eigenvalue weighted by Gasteiger charge is -2.31. The number of carbonyl (C=O) groups is 3. The van der Waals surface area contributed by atoms with Crippen molar-refractivity contribution < 1.29 is 19.5 Å². The second-order valence-electron chi connectivity index (χ2n) is 4.33. The van der Waals surface area contributed by atoms with Gasteiger partial charge in [0.05, 0.1) is 0 Å². The zero-order chi connectivity index (χ0) is 12.8. The molecule has 0 aromatic rings. The minimum Gasteiger partial charge on any atom is -0.481 e. The SMILES string of the molecule is CC(=O)NCC1CCN(C(=O)CC(=O)O)CC1. The molecule has 96 valence electrons. The minimum absolute atomic E-state index is 0.0469. The predicted octanol–water partition coefficient (Wildman–Crippen LogP) is -0.164. The second-order valence-corrected chi connectivity index (χ2v) is 4.33. The fourth-order valence-corrected chi connectivity index (χ4v) is 1.92. The van der Waals surface area contributed by atoms with Crippen LogP contribution in [0.2, 0.25) is 0 Å². The van der Waals surface area contributed by atoms with Gasteiger partial charge in [-0.05, 0) is 18.8 Å². The summed E-state index contributed by atoms with van der Waals surface area (Å²) in [6, 6.07) is 0. The van der Waals surface area contributed by atoms with E-state index in [1.54, 1.807) is 4.90 Å². The molecule has 2 amide bonds. The van der Waals surface area contributed by atoms with Gasteiger partial charge in [-0.25, -0.2) is 0 Å². The van der Waals surface area contributed by atoms with Crippen LogP contribution in [0.4, 0.5) is 0 Å². The first kappa shape index (κ1) is 13.5. The van der Waals surface area contributed by atoms with Gasteiger partial charge >= 0.3 is 5.97 Å². The zero-order valence-electron chi connectivity index (χ0n) is 9.94. The molecule has 1 rings (SSSR count). The summed E-state index contributed by atoms with van der Waals surface area (Å²) in [7, 11) is 0. The summed E-state index contributed by atoms with van der Waals surface area (Å²) in [5.74, 6) is -1.08. The van der Waals surface area contributed by atoms with Crippen molar-refractivity contribution in [3.8, 4) is 0 Å². The van der Waals surface area contributed by atoms with Gasteiger partial charge in [-0.1, -0.05) is 0 Å². The first-order valence-electron chi connectivity index (χ1n) is 5.73. The van der Waals surface area contributed by atoms with E-state index >= 15 is 0 Å². The number of amides is 2. The molecular formula is C11H18N2O4. The molecule has 0 atom stereocenters.